The molecule has 11 heavy (non-hydrogen) atoms. The van der Waals surface area contributed by atoms with Gasteiger partial charge in [-0.15, -0.1) is 0 Å². The molecule has 0 aromatic carbocycles. The fraction of sp³-hybridized carbons (Fsp3) is 0.500. The van der Waals surface area contributed by atoms with Crippen molar-refractivity contribution in [3.8, 4) is 0 Å². The van der Waals surface area contributed by atoms with Gasteiger partial charge >= 0.3 is 11.9 Å². The van der Waals surface area contributed by atoms with Gasteiger partial charge in [-0.3, -0.25) is 9.59 Å². The maximum atomic E-state index is 10.5. The molecule has 5 nitrogen and oxygen atoms in total. The summed E-state index contributed by atoms with van der Waals surface area (Å²) in [5.41, 5.74) is 0. The van der Waals surface area contributed by atoms with Gasteiger partial charge < -0.3 is 9.47 Å². The van der Waals surface area contributed by atoms with E-state index in [4.69, 9.17) is 0 Å². The summed E-state index contributed by atoms with van der Waals surface area (Å²) in [6, 6.07) is 0. The fourth-order valence-electron chi connectivity index (χ4n) is 0.393. The van der Waals surface area contributed by atoms with Crippen LogP contribution in [0.1, 0.15) is 6.92 Å². The highest BCUT2D eigenvalue weighted by molar-refractivity contribution is 5.93. The first-order valence-corrected chi connectivity index (χ1v) is 2.74. The third kappa shape index (κ3) is 3.34. The summed E-state index contributed by atoms with van der Waals surface area (Å²) in [6.07, 6.45) is -0.341. The molecule has 61 valence electrons. The first-order valence-electron chi connectivity index (χ1n) is 2.74. The van der Waals surface area contributed by atoms with Crippen molar-refractivity contribution in [3.63, 3.8) is 0 Å². The van der Waals surface area contributed by atoms with Gasteiger partial charge in [0.05, 0.1) is 7.11 Å². The number of esters is 2. The van der Waals surface area contributed by atoms with Gasteiger partial charge in [-0.05, 0) is 0 Å². The van der Waals surface area contributed by atoms with Crippen molar-refractivity contribution in [3.05, 3.63) is 0 Å². The number of carbonyl (C=O) groups excluding carboxylic acids is 3. The van der Waals surface area contributed by atoms with Gasteiger partial charge in [-0.25, -0.2) is 4.79 Å². The lowest BCUT2D eigenvalue weighted by Crippen LogP contribution is -2.28. The van der Waals surface area contributed by atoms with Crippen LogP contribution in [0, 0.1) is 0 Å². The smallest absolute Gasteiger partial charge is 0.355 e. The van der Waals surface area contributed by atoms with Gasteiger partial charge in [0.2, 0.25) is 0 Å². The molecule has 0 spiro atoms. The largest absolute Gasteiger partial charge is 0.466 e. The minimum Gasteiger partial charge on any atom is -0.466 e. The highest BCUT2D eigenvalue weighted by Crippen LogP contribution is 1.91. The molecule has 0 fully saturated rings. The summed E-state index contributed by atoms with van der Waals surface area (Å²) < 4.78 is 8.34. The zero-order chi connectivity index (χ0) is 8.85. The zero-order valence-corrected chi connectivity index (χ0v) is 6.12. The lowest BCUT2D eigenvalue weighted by Gasteiger charge is -2.05. The molecule has 1 atom stereocenters. The summed E-state index contributed by atoms with van der Waals surface area (Å²) in [7, 11) is 1.08. The molecule has 0 heterocycles. The summed E-state index contributed by atoms with van der Waals surface area (Å²) >= 11 is 0. The number of ether oxygens (including phenoxy) is 2. The molecule has 0 N–H and O–H groups in total. The average Bonchev–Trinajstić information content (AvgIpc) is 1.98. The normalized spacial score (nSPS) is 11.5. The van der Waals surface area contributed by atoms with Crippen molar-refractivity contribution in [2.75, 3.05) is 7.11 Å². The van der Waals surface area contributed by atoms with Crippen LogP contribution in [0.4, 0.5) is 0 Å². The van der Waals surface area contributed by atoms with E-state index in [9.17, 15) is 14.4 Å². The molecular formula is C6H7O5. The van der Waals surface area contributed by atoms with Crippen molar-refractivity contribution in [2.45, 2.75) is 13.0 Å². The van der Waals surface area contributed by atoms with Crippen molar-refractivity contribution >= 4 is 18.2 Å². The highest BCUT2D eigenvalue weighted by atomic mass is 16.6. The third-order valence-corrected chi connectivity index (χ3v) is 0.806. The standard InChI is InChI=1S/C6H7O5/c1-4(8)11-5(3-7)6(9)10-2/h5H,1-2H3. The molecule has 0 bridgehead atoms. The molecule has 0 saturated heterocycles. The monoisotopic (exact) mass is 159 g/mol. The number of hydrogen-bond acceptors (Lipinski definition) is 5. The van der Waals surface area contributed by atoms with Gasteiger partial charge in [-0.2, -0.15) is 0 Å². The Bertz CT molecular complexity index is 174. The predicted octanol–water partition coefficient (Wildman–Crippen LogP) is -0.799. The second kappa shape index (κ2) is 4.43. The van der Waals surface area contributed by atoms with E-state index in [1.807, 2.05) is 0 Å². The Hall–Kier alpha value is -1.39. The molecule has 1 unspecified atom stereocenters. The van der Waals surface area contributed by atoms with E-state index in [0.29, 0.717) is 0 Å². The van der Waals surface area contributed by atoms with Gasteiger partial charge in [0, 0.05) is 6.92 Å². The van der Waals surface area contributed by atoms with Crippen LogP contribution in [0.2, 0.25) is 0 Å². The summed E-state index contributed by atoms with van der Waals surface area (Å²) in [5.74, 6) is -1.67. The third-order valence-electron chi connectivity index (χ3n) is 0.806. The average molecular weight is 159 g/mol. The van der Waals surface area contributed by atoms with Crippen molar-refractivity contribution in [1.29, 1.82) is 0 Å². The van der Waals surface area contributed by atoms with Crippen LogP contribution in [0.25, 0.3) is 0 Å². The minimum absolute atomic E-state index is 0.733. The number of carbonyl (C=O) groups is 2. The molecule has 0 amide bonds. The maximum absolute atomic E-state index is 10.5. The molecule has 0 saturated carbocycles. The fourth-order valence-corrected chi connectivity index (χ4v) is 0.393. The van der Waals surface area contributed by atoms with Crippen LogP contribution >= 0.6 is 0 Å². The molecule has 0 rings (SSSR count). The predicted molar refractivity (Wildman–Crippen MR) is 33.3 cm³/mol. The van der Waals surface area contributed by atoms with E-state index in [-0.39, 0.29) is 0 Å². The van der Waals surface area contributed by atoms with Crippen molar-refractivity contribution in [2.24, 2.45) is 0 Å². The van der Waals surface area contributed by atoms with Gasteiger partial charge in [0.15, 0.2) is 0 Å². The van der Waals surface area contributed by atoms with Crippen LogP contribution in [0.3, 0.4) is 0 Å². The minimum atomic E-state index is -1.56. The first-order chi connectivity index (χ1) is 5.11. The Morgan fingerprint density at radius 2 is 2.00 bits per heavy atom. The Balaban J connectivity index is 4.05. The first kappa shape index (κ1) is 9.61. The molecule has 0 aliphatic heterocycles. The van der Waals surface area contributed by atoms with E-state index < -0.39 is 18.0 Å². The van der Waals surface area contributed by atoms with E-state index in [2.05, 4.69) is 9.47 Å². The Morgan fingerprint density at radius 1 is 1.45 bits per heavy atom. The van der Waals surface area contributed by atoms with Crippen LogP contribution < -0.4 is 0 Å². The second-order valence-corrected chi connectivity index (χ2v) is 1.63. The van der Waals surface area contributed by atoms with Crippen LogP contribution in [0.15, 0.2) is 0 Å². The molecule has 0 aliphatic carbocycles. The molecule has 5 heteroatoms. The van der Waals surface area contributed by atoms with Crippen LogP contribution in [0.5, 0.6) is 0 Å². The topological polar surface area (TPSA) is 69.7 Å². The lowest BCUT2D eigenvalue weighted by atomic mass is 10.4. The molecule has 1 radical (unpaired) electrons. The Kier molecular flexibility index (Phi) is 3.87. The van der Waals surface area contributed by atoms with Crippen LogP contribution in [-0.4, -0.2) is 31.4 Å². The lowest BCUT2D eigenvalue weighted by molar-refractivity contribution is -0.159. The highest BCUT2D eigenvalue weighted by Gasteiger charge is 2.21. The number of rotatable bonds is 3. The number of hydrogen-bond donors (Lipinski definition) is 0. The molecular weight excluding hydrogens is 152 g/mol. The van der Waals surface area contributed by atoms with E-state index in [1.54, 1.807) is 0 Å². The molecule has 0 aromatic heterocycles. The quantitative estimate of drug-likeness (QED) is 0.398. The maximum Gasteiger partial charge on any atom is 0.355 e. The van der Waals surface area contributed by atoms with Gasteiger partial charge in [0.1, 0.15) is 0 Å². The Labute approximate surface area is 63.3 Å². The molecule has 0 aliphatic rings. The van der Waals surface area contributed by atoms with E-state index in [1.165, 1.54) is 6.29 Å². The van der Waals surface area contributed by atoms with Gasteiger partial charge in [0.25, 0.3) is 12.4 Å². The van der Waals surface area contributed by atoms with Gasteiger partial charge in [-0.1, -0.05) is 0 Å². The summed E-state index contributed by atoms with van der Waals surface area (Å²) in [6.45, 7) is 1.08. The van der Waals surface area contributed by atoms with Crippen molar-refractivity contribution in [1.82, 2.24) is 0 Å². The van der Waals surface area contributed by atoms with E-state index in [0.717, 1.165) is 14.0 Å². The summed E-state index contributed by atoms with van der Waals surface area (Å²) in [5, 5.41) is 0. The van der Waals surface area contributed by atoms with E-state index >= 15 is 0 Å². The zero-order valence-electron chi connectivity index (χ0n) is 6.12. The number of methoxy groups -OCH3 is 1. The SMILES string of the molecule is COC(=O)C([C]=O)OC(C)=O. The Morgan fingerprint density at radius 3 is 2.27 bits per heavy atom. The second-order valence-electron chi connectivity index (χ2n) is 1.63. The molecule has 0 aromatic rings. The van der Waals surface area contributed by atoms with Crippen molar-refractivity contribution < 1.29 is 23.9 Å². The van der Waals surface area contributed by atoms with Crippen LogP contribution in [-0.2, 0) is 23.9 Å². The summed E-state index contributed by atoms with van der Waals surface area (Å²) in [4.78, 5) is 30.7.